The minimum absolute atomic E-state index is 0.197. The van der Waals surface area contributed by atoms with Crippen LogP contribution in [-0.2, 0) is 0 Å². The second kappa shape index (κ2) is 4.50. The minimum atomic E-state index is -0.337. The summed E-state index contributed by atoms with van der Waals surface area (Å²) in [6, 6.07) is 12.2. The van der Waals surface area contributed by atoms with Crippen LogP contribution in [0.15, 0.2) is 36.4 Å². The molecule has 0 amide bonds. The molecular formula is C17H11FN2O2. The maximum atomic E-state index is 13.7. The number of hydrogen-bond acceptors (Lipinski definition) is 3. The summed E-state index contributed by atoms with van der Waals surface area (Å²) in [7, 11) is 0. The maximum Gasteiger partial charge on any atom is 0.231 e. The molecule has 0 atom stereocenters. The molecule has 0 radical (unpaired) electrons. The van der Waals surface area contributed by atoms with Gasteiger partial charge in [0.05, 0.1) is 11.1 Å². The van der Waals surface area contributed by atoms with Gasteiger partial charge >= 0.3 is 0 Å². The Morgan fingerprint density at radius 1 is 1.14 bits per heavy atom. The van der Waals surface area contributed by atoms with Gasteiger partial charge in [0.15, 0.2) is 11.5 Å². The van der Waals surface area contributed by atoms with Gasteiger partial charge in [-0.3, -0.25) is 0 Å². The molecule has 22 heavy (non-hydrogen) atoms. The van der Waals surface area contributed by atoms with Crippen molar-refractivity contribution in [3.05, 3.63) is 53.5 Å². The van der Waals surface area contributed by atoms with E-state index in [1.54, 1.807) is 6.07 Å². The Morgan fingerprint density at radius 3 is 2.77 bits per heavy atom. The van der Waals surface area contributed by atoms with Crippen LogP contribution in [-0.4, -0.2) is 11.4 Å². The number of hydrogen-bond donors (Lipinski definition) is 0. The molecule has 0 spiro atoms. The Balaban J connectivity index is 2.04. The van der Waals surface area contributed by atoms with Crippen LogP contribution < -0.4 is 9.47 Å². The number of ether oxygens (including phenoxy) is 2. The van der Waals surface area contributed by atoms with Crippen molar-refractivity contribution in [2.75, 3.05) is 6.79 Å². The van der Waals surface area contributed by atoms with Gasteiger partial charge in [0, 0.05) is 22.8 Å². The molecule has 1 aliphatic heterocycles. The Bertz CT molecular complexity index is 953. The topological polar surface area (TPSA) is 47.2 Å². The van der Waals surface area contributed by atoms with Crippen LogP contribution >= 0.6 is 0 Å². The van der Waals surface area contributed by atoms with E-state index in [1.807, 2.05) is 29.7 Å². The molecule has 0 saturated carbocycles. The number of nitriles is 1. The minimum Gasteiger partial charge on any atom is -0.454 e. The summed E-state index contributed by atoms with van der Waals surface area (Å²) in [5, 5.41) is 10.1. The van der Waals surface area contributed by atoms with E-state index in [1.165, 1.54) is 12.1 Å². The number of rotatable bonds is 1. The number of aromatic nitrogens is 1. The van der Waals surface area contributed by atoms with Crippen molar-refractivity contribution in [2.45, 2.75) is 6.92 Å². The normalized spacial score (nSPS) is 12.6. The summed E-state index contributed by atoms with van der Waals surface area (Å²) in [6.45, 7) is 2.04. The number of nitrogens with zero attached hydrogens (tertiary/aromatic N) is 2. The highest BCUT2D eigenvalue weighted by Gasteiger charge is 2.19. The summed E-state index contributed by atoms with van der Waals surface area (Å²) >= 11 is 0. The lowest BCUT2D eigenvalue weighted by atomic mass is 10.1. The highest BCUT2D eigenvalue weighted by atomic mass is 19.1. The first kappa shape index (κ1) is 12.7. The quantitative estimate of drug-likeness (QED) is 0.688. The summed E-state index contributed by atoms with van der Waals surface area (Å²) in [5.41, 5.74) is 2.78. The third-order valence-electron chi connectivity index (χ3n) is 3.89. The summed E-state index contributed by atoms with van der Waals surface area (Å²) in [4.78, 5) is 0. The summed E-state index contributed by atoms with van der Waals surface area (Å²) in [5.74, 6) is 0.995. The van der Waals surface area contributed by atoms with Crippen LogP contribution in [0, 0.1) is 24.1 Å². The highest BCUT2D eigenvalue weighted by Crippen LogP contribution is 2.36. The van der Waals surface area contributed by atoms with Crippen molar-refractivity contribution in [3.63, 3.8) is 0 Å². The fraction of sp³-hybridized carbons (Fsp3) is 0.118. The molecule has 4 rings (SSSR count). The van der Waals surface area contributed by atoms with Crippen LogP contribution in [0.25, 0.3) is 16.6 Å². The van der Waals surface area contributed by atoms with Crippen molar-refractivity contribution >= 4 is 10.9 Å². The molecule has 0 N–H and O–H groups in total. The van der Waals surface area contributed by atoms with Crippen molar-refractivity contribution in [2.24, 2.45) is 0 Å². The largest absolute Gasteiger partial charge is 0.454 e. The Hall–Kier alpha value is -3.00. The van der Waals surface area contributed by atoms with Crippen LogP contribution in [0.4, 0.5) is 4.39 Å². The molecule has 0 bridgehead atoms. The van der Waals surface area contributed by atoms with Crippen molar-refractivity contribution < 1.29 is 13.9 Å². The SMILES string of the molecule is Cc1c(C#N)c2ccc(F)cc2n1-c1ccc2c(c1)OCO2. The molecule has 1 aliphatic rings. The molecule has 0 unspecified atom stereocenters. The molecule has 5 heteroatoms. The zero-order valence-electron chi connectivity index (χ0n) is 11.8. The van der Waals surface area contributed by atoms with Crippen LogP contribution in [0.1, 0.15) is 11.3 Å². The first-order chi connectivity index (χ1) is 10.7. The van der Waals surface area contributed by atoms with Gasteiger partial charge < -0.3 is 14.0 Å². The van der Waals surface area contributed by atoms with Crippen LogP contribution in [0.5, 0.6) is 11.5 Å². The number of halogens is 1. The third-order valence-corrected chi connectivity index (χ3v) is 3.89. The molecule has 2 aromatic carbocycles. The lowest BCUT2D eigenvalue weighted by Gasteiger charge is -2.09. The monoisotopic (exact) mass is 294 g/mol. The average molecular weight is 294 g/mol. The number of fused-ring (bicyclic) bond motifs is 2. The molecule has 0 fully saturated rings. The van der Waals surface area contributed by atoms with Crippen LogP contribution in [0.2, 0.25) is 0 Å². The zero-order valence-corrected chi connectivity index (χ0v) is 11.8. The highest BCUT2D eigenvalue weighted by molar-refractivity contribution is 5.89. The van der Waals surface area contributed by atoms with Gasteiger partial charge in [-0.1, -0.05) is 0 Å². The molecule has 0 aliphatic carbocycles. The van der Waals surface area contributed by atoms with E-state index < -0.39 is 0 Å². The molecule has 1 aromatic heterocycles. The summed E-state index contributed by atoms with van der Waals surface area (Å²) < 4.78 is 26.2. The predicted octanol–water partition coefficient (Wildman–Crippen LogP) is 3.68. The van der Waals surface area contributed by atoms with E-state index in [2.05, 4.69) is 6.07 Å². The molecule has 2 heterocycles. The molecule has 3 aromatic rings. The average Bonchev–Trinajstić information content (AvgIpc) is 3.07. The van der Waals surface area contributed by atoms with E-state index in [0.29, 0.717) is 22.6 Å². The Kier molecular flexibility index (Phi) is 2.60. The molecular weight excluding hydrogens is 283 g/mol. The maximum absolute atomic E-state index is 13.7. The van der Waals surface area contributed by atoms with E-state index in [9.17, 15) is 9.65 Å². The fourth-order valence-corrected chi connectivity index (χ4v) is 2.89. The predicted molar refractivity (Wildman–Crippen MR) is 78.8 cm³/mol. The van der Waals surface area contributed by atoms with Crippen molar-refractivity contribution in [1.82, 2.24) is 4.57 Å². The van der Waals surface area contributed by atoms with Gasteiger partial charge in [0.1, 0.15) is 11.9 Å². The molecule has 108 valence electrons. The lowest BCUT2D eigenvalue weighted by molar-refractivity contribution is 0.174. The Labute approximate surface area is 125 Å². The smallest absolute Gasteiger partial charge is 0.231 e. The fourth-order valence-electron chi connectivity index (χ4n) is 2.89. The lowest BCUT2D eigenvalue weighted by Crippen LogP contribution is -1.97. The Morgan fingerprint density at radius 2 is 1.95 bits per heavy atom. The first-order valence-electron chi connectivity index (χ1n) is 6.80. The molecule has 4 nitrogen and oxygen atoms in total. The zero-order chi connectivity index (χ0) is 15.3. The van der Waals surface area contributed by atoms with Gasteiger partial charge in [-0.25, -0.2) is 4.39 Å². The van der Waals surface area contributed by atoms with Gasteiger partial charge in [-0.2, -0.15) is 5.26 Å². The van der Waals surface area contributed by atoms with Crippen LogP contribution in [0.3, 0.4) is 0 Å². The van der Waals surface area contributed by atoms with Gasteiger partial charge in [-0.05, 0) is 37.3 Å². The second-order valence-electron chi connectivity index (χ2n) is 5.11. The van der Waals surface area contributed by atoms with Gasteiger partial charge in [-0.15, -0.1) is 0 Å². The standard InChI is InChI=1S/C17H11FN2O2/c1-10-14(8-19)13-4-2-11(18)6-15(13)20(10)12-3-5-16-17(7-12)22-9-21-16/h2-7H,9H2,1H3. The van der Waals surface area contributed by atoms with E-state index >= 15 is 0 Å². The first-order valence-corrected chi connectivity index (χ1v) is 6.80. The van der Waals surface area contributed by atoms with E-state index in [4.69, 9.17) is 9.47 Å². The van der Waals surface area contributed by atoms with Gasteiger partial charge in [0.2, 0.25) is 6.79 Å². The second-order valence-corrected chi connectivity index (χ2v) is 5.11. The summed E-state index contributed by atoms with van der Waals surface area (Å²) in [6.07, 6.45) is 0. The van der Waals surface area contributed by atoms with Gasteiger partial charge in [0.25, 0.3) is 0 Å². The van der Waals surface area contributed by atoms with Crippen molar-refractivity contribution in [1.29, 1.82) is 5.26 Å². The number of benzene rings is 2. The van der Waals surface area contributed by atoms with E-state index in [0.717, 1.165) is 16.8 Å². The third kappa shape index (κ3) is 1.67. The molecule has 0 saturated heterocycles. The van der Waals surface area contributed by atoms with E-state index in [-0.39, 0.29) is 12.6 Å². The van der Waals surface area contributed by atoms with Crippen molar-refractivity contribution in [3.8, 4) is 23.3 Å².